The van der Waals surface area contributed by atoms with Crippen LogP contribution in [-0.4, -0.2) is 36.6 Å². The van der Waals surface area contributed by atoms with Crippen LogP contribution in [0.1, 0.15) is 45.4 Å². The number of likely N-dealkylation sites (tertiary alicyclic amines) is 1. The average molecular weight is 222 g/mol. The molecule has 1 heterocycles. The standard InChI is InChI=1S/C14H26N2/c1-11-8-14(9-11)16-6-4-13(5-7-16)15-10-12-2-3-12/h11-15H,2-10H2,1H3. The monoisotopic (exact) mass is 222 g/mol. The van der Waals surface area contributed by atoms with Gasteiger partial charge >= 0.3 is 0 Å². The summed E-state index contributed by atoms with van der Waals surface area (Å²) in [5.74, 6) is 2.03. The molecule has 0 aromatic rings. The lowest BCUT2D eigenvalue weighted by atomic mass is 9.80. The van der Waals surface area contributed by atoms with E-state index in [0.717, 1.165) is 23.9 Å². The van der Waals surface area contributed by atoms with Crippen molar-refractivity contribution in [3.05, 3.63) is 0 Å². The zero-order chi connectivity index (χ0) is 11.0. The highest BCUT2D eigenvalue weighted by molar-refractivity contribution is 4.89. The zero-order valence-electron chi connectivity index (χ0n) is 10.6. The first-order valence-electron chi connectivity index (χ1n) is 7.28. The summed E-state index contributed by atoms with van der Waals surface area (Å²) in [6.07, 6.45) is 8.65. The van der Waals surface area contributed by atoms with Crippen molar-refractivity contribution in [2.24, 2.45) is 11.8 Å². The number of nitrogens with zero attached hydrogens (tertiary/aromatic N) is 1. The van der Waals surface area contributed by atoms with E-state index >= 15 is 0 Å². The third kappa shape index (κ3) is 2.60. The first-order chi connectivity index (χ1) is 7.81. The van der Waals surface area contributed by atoms with Gasteiger partial charge in [0, 0.05) is 12.1 Å². The highest BCUT2D eigenvalue weighted by Gasteiger charge is 2.33. The summed E-state index contributed by atoms with van der Waals surface area (Å²) in [6.45, 7) is 6.38. The average Bonchev–Trinajstić information content (AvgIpc) is 3.07. The highest BCUT2D eigenvalue weighted by atomic mass is 15.2. The molecule has 3 aliphatic rings. The fourth-order valence-corrected chi connectivity index (χ4v) is 3.28. The van der Waals surface area contributed by atoms with Crippen LogP contribution in [0.4, 0.5) is 0 Å². The second kappa shape index (κ2) is 4.66. The highest BCUT2D eigenvalue weighted by Crippen LogP contribution is 2.33. The number of nitrogens with one attached hydrogen (secondary N) is 1. The Balaban J connectivity index is 1.34. The van der Waals surface area contributed by atoms with Gasteiger partial charge in [0.2, 0.25) is 0 Å². The molecule has 0 spiro atoms. The molecule has 0 atom stereocenters. The minimum atomic E-state index is 0.828. The molecule has 0 aromatic heterocycles. The van der Waals surface area contributed by atoms with E-state index < -0.39 is 0 Å². The Morgan fingerprint density at radius 2 is 1.75 bits per heavy atom. The lowest BCUT2D eigenvalue weighted by molar-refractivity contribution is 0.0605. The SMILES string of the molecule is CC1CC(N2CCC(NCC3CC3)CC2)C1. The predicted octanol–water partition coefficient (Wildman–Crippen LogP) is 2.25. The van der Waals surface area contributed by atoms with Gasteiger partial charge in [0.25, 0.3) is 0 Å². The lowest BCUT2D eigenvalue weighted by Crippen LogP contribution is -2.50. The van der Waals surface area contributed by atoms with Crippen molar-refractivity contribution in [2.45, 2.75) is 57.5 Å². The lowest BCUT2D eigenvalue weighted by Gasteiger charge is -2.45. The van der Waals surface area contributed by atoms with Crippen molar-refractivity contribution >= 4 is 0 Å². The van der Waals surface area contributed by atoms with Crippen molar-refractivity contribution in [2.75, 3.05) is 19.6 Å². The predicted molar refractivity (Wildman–Crippen MR) is 67.5 cm³/mol. The van der Waals surface area contributed by atoms with Crippen molar-refractivity contribution in [3.63, 3.8) is 0 Å². The van der Waals surface area contributed by atoms with Crippen LogP contribution >= 0.6 is 0 Å². The van der Waals surface area contributed by atoms with Gasteiger partial charge in [-0.1, -0.05) is 6.92 Å². The molecule has 2 saturated carbocycles. The second-order valence-corrected chi connectivity index (χ2v) is 6.39. The molecule has 0 unspecified atom stereocenters. The van der Waals surface area contributed by atoms with Crippen LogP contribution < -0.4 is 5.32 Å². The molecule has 1 aliphatic heterocycles. The van der Waals surface area contributed by atoms with E-state index in [1.807, 2.05) is 0 Å². The van der Waals surface area contributed by atoms with Gasteiger partial charge in [-0.15, -0.1) is 0 Å². The van der Waals surface area contributed by atoms with E-state index in [2.05, 4.69) is 17.1 Å². The molecule has 92 valence electrons. The fraction of sp³-hybridized carbons (Fsp3) is 1.00. The zero-order valence-corrected chi connectivity index (χ0v) is 10.6. The Hall–Kier alpha value is -0.0800. The first-order valence-corrected chi connectivity index (χ1v) is 7.28. The number of hydrogen-bond acceptors (Lipinski definition) is 2. The van der Waals surface area contributed by atoms with Gasteiger partial charge < -0.3 is 10.2 Å². The van der Waals surface area contributed by atoms with Crippen LogP contribution in [0, 0.1) is 11.8 Å². The molecule has 0 amide bonds. The number of hydrogen-bond donors (Lipinski definition) is 1. The number of rotatable bonds is 4. The van der Waals surface area contributed by atoms with Gasteiger partial charge in [0.15, 0.2) is 0 Å². The maximum absolute atomic E-state index is 3.76. The maximum atomic E-state index is 3.76. The molecule has 2 heteroatoms. The van der Waals surface area contributed by atoms with Crippen molar-refractivity contribution in [1.29, 1.82) is 0 Å². The molecule has 3 rings (SSSR count). The summed E-state index contributed by atoms with van der Waals surface area (Å²) in [5.41, 5.74) is 0. The molecule has 0 aromatic carbocycles. The molecule has 2 aliphatic carbocycles. The Morgan fingerprint density at radius 1 is 1.06 bits per heavy atom. The van der Waals surface area contributed by atoms with Crippen LogP contribution in [0.25, 0.3) is 0 Å². The summed E-state index contributed by atoms with van der Waals surface area (Å²) in [4.78, 5) is 2.75. The molecule has 0 bridgehead atoms. The Bertz CT molecular complexity index is 223. The third-order valence-electron chi connectivity index (χ3n) is 4.79. The maximum Gasteiger partial charge on any atom is 0.0100 e. The Morgan fingerprint density at radius 3 is 2.31 bits per heavy atom. The van der Waals surface area contributed by atoms with Crippen LogP contribution in [-0.2, 0) is 0 Å². The van der Waals surface area contributed by atoms with E-state index in [9.17, 15) is 0 Å². The van der Waals surface area contributed by atoms with Crippen LogP contribution in [0.5, 0.6) is 0 Å². The summed E-state index contributed by atoms with van der Waals surface area (Å²) in [7, 11) is 0. The minimum absolute atomic E-state index is 0.828. The first kappa shape index (κ1) is 11.0. The number of piperidine rings is 1. The van der Waals surface area contributed by atoms with E-state index in [0.29, 0.717) is 0 Å². The Labute approximate surface area is 99.8 Å². The molecule has 0 radical (unpaired) electrons. The quantitative estimate of drug-likeness (QED) is 0.785. The van der Waals surface area contributed by atoms with Gasteiger partial charge in [-0.25, -0.2) is 0 Å². The van der Waals surface area contributed by atoms with Crippen LogP contribution in [0.2, 0.25) is 0 Å². The normalized spacial score (nSPS) is 37.3. The van der Waals surface area contributed by atoms with Gasteiger partial charge in [0.1, 0.15) is 0 Å². The van der Waals surface area contributed by atoms with Gasteiger partial charge in [-0.2, -0.15) is 0 Å². The molecular formula is C14H26N2. The summed E-state index contributed by atoms with van der Waals surface area (Å²) < 4.78 is 0. The molecule has 1 saturated heterocycles. The van der Waals surface area contributed by atoms with Crippen LogP contribution in [0.3, 0.4) is 0 Å². The van der Waals surface area contributed by atoms with E-state index in [1.54, 1.807) is 0 Å². The minimum Gasteiger partial charge on any atom is -0.314 e. The smallest absolute Gasteiger partial charge is 0.0100 e. The van der Waals surface area contributed by atoms with Crippen molar-refractivity contribution in [1.82, 2.24) is 10.2 Å². The fourth-order valence-electron chi connectivity index (χ4n) is 3.28. The van der Waals surface area contributed by atoms with Crippen molar-refractivity contribution < 1.29 is 0 Å². The summed E-state index contributed by atoms with van der Waals surface area (Å²) >= 11 is 0. The molecule has 2 nitrogen and oxygen atoms in total. The van der Waals surface area contributed by atoms with Gasteiger partial charge in [-0.3, -0.25) is 0 Å². The van der Waals surface area contributed by atoms with Crippen LogP contribution in [0.15, 0.2) is 0 Å². The molecule has 1 N–H and O–H groups in total. The summed E-state index contributed by atoms with van der Waals surface area (Å²) in [6, 6.07) is 1.77. The molecule has 16 heavy (non-hydrogen) atoms. The van der Waals surface area contributed by atoms with Crippen molar-refractivity contribution in [3.8, 4) is 0 Å². The van der Waals surface area contributed by atoms with E-state index in [1.165, 1.54) is 58.2 Å². The Kier molecular flexibility index (Phi) is 3.21. The van der Waals surface area contributed by atoms with Gasteiger partial charge in [0.05, 0.1) is 0 Å². The van der Waals surface area contributed by atoms with E-state index in [4.69, 9.17) is 0 Å². The second-order valence-electron chi connectivity index (χ2n) is 6.39. The largest absolute Gasteiger partial charge is 0.314 e. The topological polar surface area (TPSA) is 15.3 Å². The van der Waals surface area contributed by atoms with E-state index in [-0.39, 0.29) is 0 Å². The third-order valence-corrected chi connectivity index (χ3v) is 4.79. The molecular weight excluding hydrogens is 196 g/mol. The van der Waals surface area contributed by atoms with Gasteiger partial charge in [-0.05, 0) is 70.0 Å². The summed E-state index contributed by atoms with van der Waals surface area (Å²) in [5, 5.41) is 3.76. The molecule has 3 fully saturated rings.